The second-order valence-corrected chi connectivity index (χ2v) is 8.80. The lowest BCUT2D eigenvalue weighted by molar-refractivity contribution is 0.840. The summed E-state index contributed by atoms with van der Waals surface area (Å²) in [6.45, 7) is 6.42. The molecule has 2 aromatic heterocycles. The van der Waals surface area contributed by atoms with E-state index in [4.69, 9.17) is 4.98 Å². The Morgan fingerprint density at radius 1 is 1.11 bits per heavy atom. The van der Waals surface area contributed by atoms with Crippen molar-refractivity contribution < 1.29 is 0 Å². The van der Waals surface area contributed by atoms with Crippen LogP contribution in [0.1, 0.15) is 42.5 Å². The lowest BCUT2D eigenvalue weighted by Crippen LogP contribution is -2.22. The van der Waals surface area contributed by atoms with Crippen LogP contribution in [0.15, 0.2) is 34.8 Å². The molecule has 1 saturated heterocycles. The Kier molecular flexibility index (Phi) is 5.78. The first-order valence-corrected chi connectivity index (χ1v) is 11.4. The molecule has 1 fully saturated rings. The first-order valence-electron chi connectivity index (χ1n) is 9.58. The molecular weight excluding hydrogens is 374 g/mol. The number of rotatable bonds is 7. The molecule has 1 aromatic carbocycles. The SMILES string of the molecule is CCCc1nc(CSc2nnc(N3CCCC3)n2-c2ccc(C)cc2)cs1. The Balaban J connectivity index is 1.60. The molecule has 1 aliphatic rings. The first kappa shape index (κ1) is 18.5. The van der Waals surface area contributed by atoms with E-state index in [2.05, 4.69) is 63.2 Å². The van der Waals surface area contributed by atoms with Crippen LogP contribution >= 0.6 is 23.1 Å². The van der Waals surface area contributed by atoms with Gasteiger partial charge in [0.1, 0.15) is 0 Å². The standard InChI is InChI=1S/C20H25N5S2/c1-3-6-18-21-16(13-26-18)14-27-20-23-22-19(24-11-4-5-12-24)25(20)17-9-7-15(2)8-10-17/h7-10,13H,3-6,11-12,14H2,1-2H3. The number of aryl methyl sites for hydroxylation is 2. The van der Waals surface area contributed by atoms with Gasteiger partial charge in [0.05, 0.1) is 16.4 Å². The second-order valence-electron chi connectivity index (χ2n) is 6.92. The van der Waals surface area contributed by atoms with Crippen LogP contribution in [0.4, 0.5) is 5.95 Å². The molecule has 0 atom stereocenters. The normalized spacial score (nSPS) is 14.2. The highest BCUT2D eigenvalue weighted by atomic mass is 32.2. The molecule has 4 rings (SSSR count). The van der Waals surface area contributed by atoms with Gasteiger partial charge in [-0.25, -0.2) is 4.98 Å². The molecule has 27 heavy (non-hydrogen) atoms. The Morgan fingerprint density at radius 3 is 2.63 bits per heavy atom. The van der Waals surface area contributed by atoms with Crippen molar-refractivity contribution in [1.29, 1.82) is 0 Å². The summed E-state index contributed by atoms with van der Waals surface area (Å²) >= 11 is 3.48. The number of benzene rings is 1. The number of nitrogens with zero attached hydrogens (tertiary/aromatic N) is 5. The third-order valence-electron chi connectivity index (χ3n) is 4.71. The number of hydrogen-bond donors (Lipinski definition) is 0. The van der Waals surface area contributed by atoms with Crippen molar-refractivity contribution in [3.05, 3.63) is 45.9 Å². The topological polar surface area (TPSA) is 46.8 Å². The van der Waals surface area contributed by atoms with E-state index in [1.165, 1.54) is 23.4 Å². The highest BCUT2D eigenvalue weighted by Crippen LogP contribution is 2.30. The van der Waals surface area contributed by atoms with E-state index in [0.29, 0.717) is 0 Å². The van der Waals surface area contributed by atoms with Crippen molar-refractivity contribution in [1.82, 2.24) is 19.7 Å². The van der Waals surface area contributed by atoms with Crippen molar-refractivity contribution in [2.24, 2.45) is 0 Å². The monoisotopic (exact) mass is 399 g/mol. The van der Waals surface area contributed by atoms with Crippen molar-refractivity contribution in [3.8, 4) is 5.69 Å². The molecule has 0 unspecified atom stereocenters. The van der Waals surface area contributed by atoms with Crippen LogP contribution in [-0.2, 0) is 12.2 Å². The lowest BCUT2D eigenvalue weighted by atomic mass is 10.2. The molecule has 3 heterocycles. The Bertz CT molecular complexity index is 878. The molecule has 5 nitrogen and oxygen atoms in total. The minimum atomic E-state index is 0.824. The fourth-order valence-corrected chi connectivity index (χ4v) is 5.12. The maximum atomic E-state index is 4.74. The van der Waals surface area contributed by atoms with Gasteiger partial charge in [-0.2, -0.15) is 0 Å². The van der Waals surface area contributed by atoms with Gasteiger partial charge in [0.15, 0.2) is 5.16 Å². The van der Waals surface area contributed by atoms with Crippen molar-refractivity contribution in [3.63, 3.8) is 0 Å². The summed E-state index contributed by atoms with van der Waals surface area (Å²) < 4.78 is 2.20. The van der Waals surface area contributed by atoms with Crippen LogP contribution in [-0.4, -0.2) is 32.8 Å². The molecule has 1 aliphatic heterocycles. The third-order valence-corrected chi connectivity index (χ3v) is 6.63. The molecule has 3 aromatic rings. The molecule has 7 heteroatoms. The molecule has 0 spiro atoms. The average molecular weight is 400 g/mol. The van der Waals surface area contributed by atoms with E-state index in [1.54, 1.807) is 23.1 Å². The third kappa shape index (κ3) is 4.19. The smallest absolute Gasteiger partial charge is 0.232 e. The van der Waals surface area contributed by atoms with Gasteiger partial charge in [0.25, 0.3) is 0 Å². The fourth-order valence-electron chi connectivity index (χ4n) is 3.28. The van der Waals surface area contributed by atoms with Gasteiger partial charge in [-0.3, -0.25) is 4.57 Å². The molecule has 0 bridgehead atoms. The summed E-state index contributed by atoms with van der Waals surface area (Å²) in [4.78, 5) is 7.09. The van der Waals surface area contributed by atoms with Crippen LogP contribution in [0.2, 0.25) is 0 Å². The van der Waals surface area contributed by atoms with E-state index in [1.807, 2.05) is 0 Å². The molecule has 0 saturated carbocycles. The summed E-state index contributed by atoms with van der Waals surface area (Å²) in [6, 6.07) is 8.61. The van der Waals surface area contributed by atoms with E-state index in [9.17, 15) is 0 Å². The quantitative estimate of drug-likeness (QED) is 0.530. The zero-order valence-corrected chi connectivity index (χ0v) is 17.5. The maximum Gasteiger partial charge on any atom is 0.232 e. The van der Waals surface area contributed by atoms with E-state index in [-0.39, 0.29) is 0 Å². The fraction of sp³-hybridized carbons (Fsp3) is 0.450. The van der Waals surface area contributed by atoms with Crippen LogP contribution < -0.4 is 4.90 Å². The van der Waals surface area contributed by atoms with Crippen LogP contribution in [0.3, 0.4) is 0 Å². The van der Waals surface area contributed by atoms with Gasteiger partial charge in [-0.05, 0) is 44.7 Å². The van der Waals surface area contributed by atoms with Crippen LogP contribution in [0.25, 0.3) is 5.69 Å². The van der Waals surface area contributed by atoms with Gasteiger partial charge in [-0.15, -0.1) is 21.5 Å². The van der Waals surface area contributed by atoms with Crippen molar-refractivity contribution in [2.75, 3.05) is 18.0 Å². The molecule has 0 radical (unpaired) electrons. The van der Waals surface area contributed by atoms with E-state index >= 15 is 0 Å². The summed E-state index contributed by atoms with van der Waals surface area (Å²) in [5.74, 6) is 1.79. The van der Waals surface area contributed by atoms with Crippen molar-refractivity contribution >= 4 is 29.0 Å². The summed E-state index contributed by atoms with van der Waals surface area (Å²) in [5.41, 5.74) is 3.52. The lowest BCUT2D eigenvalue weighted by Gasteiger charge is -2.18. The number of thiazole rings is 1. The second kappa shape index (κ2) is 8.44. The van der Waals surface area contributed by atoms with E-state index in [0.717, 1.165) is 54.2 Å². The highest BCUT2D eigenvalue weighted by Gasteiger charge is 2.22. The molecule has 0 aliphatic carbocycles. The molecule has 0 N–H and O–H groups in total. The highest BCUT2D eigenvalue weighted by molar-refractivity contribution is 7.98. The zero-order chi connectivity index (χ0) is 18.6. The summed E-state index contributed by atoms with van der Waals surface area (Å²) in [5, 5.41) is 13.4. The van der Waals surface area contributed by atoms with Gasteiger partial charge < -0.3 is 4.90 Å². The van der Waals surface area contributed by atoms with Crippen molar-refractivity contribution in [2.45, 2.75) is 50.4 Å². The number of aromatic nitrogens is 4. The van der Waals surface area contributed by atoms with Gasteiger partial charge in [0, 0.05) is 24.2 Å². The molecule has 0 amide bonds. The van der Waals surface area contributed by atoms with Gasteiger partial charge >= 0.3 is 0 Å². The number of hydrogen-bond acceptors (Lipinski definition) is 6. The first-order chi connectivity index (χ1) is 13.2. The number of anilines is 1. The van der Waals surface area contributed by atoms with Gasteiger partial charge in [0.2, 0.25) is 5.95 Å². The molecule has 142 valence electrons. The minimum absolute atomic E-state index is 0.824. The summed E-state index contributed by atoms with van der Waals surface area (Å²) in [7, 11) is 0. The average Bonchev–Trinajstić information content (AvgIpc) is 3.41. The molecular formula is C20H25N5S2. The Hall–Kier alpha value is -1.86. The largest absolute Gasteiger partial charge is 0.341 e. The zero-order valence-electron chi connectivity index (χ0n) is 15.9. The Labute approximate surface area is 168 Å². The predicted octanol–water partition coefficient (Wildman–Crippen LogP) is 4.88. The van der Waals surface area contributed by atoms with Gasteiger partial charge in [-0.1, -0.05) is 36.4 Å². The maximum absolute atomic E-state index is 4.74. The van der Waals surface area contributed by atoms with Crippen LogP contribution in [0, 0.1) is 6.92 Å². The summed E-state index contributed by atoms with van der Waals surface area (Å²) in [6.07, 6.45) is 4.65. The number of thioether (sulfide) groups is 1. The minimum Gasteiger partial charge on any atom is -0.341 e. The Morgan fingerprint density at radius 2 is 1.89 bits per heavy atom. The van der Waals surface area contributed by atoms with E-state index < -0.39 is 0 Å². The predicted molar refractivity (Wildman–Crippen MR) is 113 cm³/mol. The van der Waals surface area contributed by atoms with Crippen LogP contribution in [0.5, 0.6) is 0 Å².